The van der Waals surface area contributed by atoms with Gasteiger partial charge in [-0.05, 0) is 24.1 Å². The van der Waals surface area contributed by atoms with Crippen molar-refractivity contribution in [1.29, 1.82) is 0 Å². The molecular formula is C15H25N3O. The second-order valence-electron chi connectivity index (χ2n) is 5.15. The highest BCUT2D eigenvalue weighted by atomic mass is 16.2. The van der Waals surface area contributed by atoms with Crippen LogP contribution in [0.5, 0.6) is 0 Å². The Bertz CT molecular complexity index is 418. The molecule has 0 aliphatic rings. The van der Waals surface area contributed by atoms with Gasteiger partial charge < -0.3 is 15.5 Å². The maximum Gasteiger partial charge on any atom is 0.239 e. The van der Waals surface area contributed by atoms with E-state index >= 15 is 0 Å². The number of hydrogen-bond acceptors (Lipinski definition) is 3. The van der Waals surface area contributed by atoms with Crippen molar-refractivity contribution in [3.63, 3.8) is 0 Å². The largest absolute Gasteiger partial charge is 0.378 e. The number of benzene rings is 1. The van der Waals surface area contributed by atoms with E-state index in [2.05, 4.69) is 6.07 Å². The van der Waals surface area contributed by atoms with Crippen LogP contribution in [0.2, 0.25) is 0 Å². The number of rotatable bonds is 6. The molecule has 0 heterocycles. The average molecular weight is 263 g/mol. The van der Waals surface area contributed by atoms with Crippen molar-refractivity contribution in [1.82, 2.24) is 4.90 Å². The van der Waals surface area contributed by atoms with Crippen LogP contribution in [0, 0.1) is 0 Å². The first-order valence-electron chi connectivity index (χ1n) is 6.72. The third kappa shape index (κ3) is 4.56. The van der Waals surface area contributed by atoms with Gasteiger partial charge in [-0.2, -0.15) is 0 Å². The van der Waals surface area contributed by atoms with Crippen LogP contribution in [0.1, 0.15) is 25.3 Å². The molecule has 1 amide bonds. The summed E-state index contributed by atoms with van der Waals surface area (Å²) in [4.78, 5) is 15.8. The van der Waals surface area contributed by atoms with Gasteiger partial charge in [0, 0.05) is 33.4 Å². The van der Waals surface area contributed by atoms with Gasteiger partial charge in [-0.1, -0.05) is 25.5 Å². The number of carbonyl (C=O) groups is 1. The molecule has 0 saturated carbocycles. The predicted octanol–water partition coefficient (Wildman–Crippen LogP) is 1.84. The number of hydrogen-bond donors (Lipinski definition) is 1. The maximum absolute atomic E-state index is 12.0. The minimum Gasteiger partial charge on any atom is -0.378 e. The summed E-state index contributed by atoms with van der Waals surface area (Å²) in [7, 11) is 5.82. The van der Waals surface area contributed by atoms with Gasteiger partial charge in [-0.15, -0.1) is 0 Å². The fraction of sp³-hybridized carbons (Fsp3) is 0.533. The zero-order valence-corrected chi connectivity index (χ0v) is 12.4. The zero-order chi connectivity index (χ0) is 14.4. The summed E-state index contributed by atoms with van der Waals surface area (Å²) in [6.45, 7) is 2.63. The highest BCUT2D eigenvalue weighted by molar-refractivity contribution is 5.81. The van der Waals surface area contributed by atoms with Gasteiger partial charge in [0.2, 0.25) is 5.91 Å². The predicted molar refractivity (Wildman–Crippen MR) is 80.1 cm³/mol. The van der Waals surface area contributed by atoms with E-state index in [1.165, 1.54) is 0 Å². The third-order valence-corrected chi connectivity index (χ3v) is 3.14. The molecule has 4 nitrogen and oxygen atoms in total. The highest BCUT2D eigenvalue weighted by Gasteiger charge is 2.17. The number of likely N-dealkylation sites (N-methyl/N-ethyl adjacent to an activating group) is 1. The van der Waals surface area contributed by atoms with Crippen LogP contribution in [0.25, 0.3) is 0 Å². The summed E-state index contributed by atoms with van der Waals surface area (Å²) in [5.74, 6) is 0.0112. The molecular weight excluding hydrogens is 238 g/mol. The summed E-state index contributed by atoms with van der Waals surface area (Å²) < 4.78 is 0. The summed E-state index contributed by atoms with van der Waals surface area (Å²) in [6.07, 6.45) is 1.66. The van der Waals surface area contributed by atoms with Gasteiger partial charge >= 0.3 is 0 Å². The monoisotopic (exact) mass is 263 g/mol. The molecule has 2 N–H and O–H groups in total. The van der Waals surface area contributed by atoms with E-state index in [1.807, 2.05) is 44.1 Å². The minimum atomic E-state index is -0.382. The Morgan fingerprint density at radius 3 is 2.58 bits per heavy atom. The lowest BCUT2D eigenvalue weighted by molar-refractivity contribution is -0.131. The number of nitrogens with two attached hydrogens (primary N) is 1. The van der Waals surface area contributed by atoms with Crippen molar-refractivity contribution in [2.24, 2.45) is 5.73 Å². The van der Waals surface area contributed by atoms with E-state index in [4.69, 9.17) is 5.73 Å². The Hall–Kier alpha value is -1.55. The fourth-order valence-corrected chi connectivity index (χ4v) is 2.00. The van der Waals surface area contributed by atoms with Crippen LogP contribution < -0.4 is 10.6 Å². The van der Waals surface area contributed by atoms with Crippen molar-refractivity contribution < 1.29 is 4.79 Å². The van der Waals surface area contributed by atoms with Crippen LogP contribution in [0.15, 0.2) is 24.3 Å². The van der Waals surface area contributed by atoms with Crippen molar-refractivity contribution in [3.8, 4) is 0 Å². The van der Waals surface area contributed by atoms with Crippen LogP contribution in [-0.2, 0) is 11.3 Å². The Morgan fingerprint density at radius 1 is 1.32 bits per heavy atom. The standard InChI is InChI=1S/C15H25N3O/c1-5-7-14(16)15(19)18(4)11-12-8-6-9-13(10-12)17(2)3/h6,8-10,14H,5,7,11,16H2,1-4H3. The lowest BCUT2D eigenvalue weighted by Crippen LogP contribution is -2.41. The molecule has 106 valence electrons. The first-order chi connectivity index (χ1) is 8.95. The topological polar surface area (TPSA) is 49.6 Å². The second-order valence-corrected chi connectivity index (χ2v) is 5.15. The van der Waals surface area contributed by atoms with E-state index < -0.39 is 0 Å². The van der Waals surface area contributed by atoms with Gasteiger partial charge in [0.25, 0.3) is 0 Å². The van der Waals surface area contributed by atoms with Gasteiger partial charge in [0.1, 0.15) is 0 Å². The Morgan fingerprint density at radius 2 is 2.00 bits per heavy atom. The van der Waals surface area contributed by atoms with E-state index in [-0.39, 0.29) is 11.9 Å². The molecule has 1 rings (SSSR count). The first kappa shape index (κ1) is 15.5. The second kappa shape index (κ2) is 7.14. The summed E-state index contributed by atoms with van der Waals surface area (Å²) in [5, 5.41) is 0. The molecule has 4 heteroatoms. The molecule has 0 saturated heterocycles. The molecule has 1 aromatic rings. The molecule has 0 aliphatic carbocycles. The minimum absolute atomic E-state index is 0.0112. The molecule has 1 unspecified atom stereocenters. The maximum atomic E-state index is 12.0. The van der Waals surface area contributed by atoms with Crippen molar-refractivity contribution >= 4 is 11.6 Å². The first-order valence-corrected chi connectivity index (χ1v) is 6.72. The molecule has 0 aliphatic heterocycles. The summed E-state index contributed by atoms with van der Waals surface area (Å²) >= 11 is 0. The smallest absolute Gasteiger partial charge is 0.239 e. The Balaban J connectivity index is 2.68. The molecule has 0 spiro atoms. The number of carbonyl (C=O) groups excluding carboxylic acids is 1. The normalized spacial score (nSPS) is 12.1. The lowest BCUT2D eigenvalue weighted by Gasteiger charge is -2.22. The molecule has 0 radical (unpaired) electrons. The molecule has 0 aromatic heterocycles. The van der Waals surface area contributed by atoms with Gasteiger partial charge in [-0.25, -0.2) is 0 Å². The summed E-state index contributed by atoms with van der Waals surface area (Å²) in [5.41, 5.74) is 8.11. The van der Waals surface area contributed by atoms with Crippen LogP contribution >= 0.6 is 0 Å². The van der Waals surface area contributed by atoms with Crippen molar-refractivity contribution in [2.45, 2.75) is 32.4 Å². The van der Waals surface area contributed by atoms with E-state index in [0.717, 1.165) is 24.1 Å². The fourth-order valence-electron chi connectivity index (χ4n) is 2.00. The summed E-state index contributed by atoms with van der Waals surface area (Å²) in [6, 6.07) is 7.80. The molecule has 1 atom stereocenters. The quantitative estimate of drug-likeness (QED) is 0.852. The van der Waals surface area contributed by atoms with E-state index in [1.54, 1.807) is 11.9 Å². The van der Waals surface area contributed by atoms with Gasteiger partial charge in [0.15, 0.2) is 0 Å². The van der Waals surface area contributed by atoms with Crippen LogP contribution in [0.4, 0.5) is 5.69 Å². The van der Waals surface area contributed by atoms with Crippen molar-refractivity contribution in [2.75, 3.05) is 26.0 Å². The number of nitrogens with zero attached hydrogens (tertiary/aromatic N) is 2. The number of amides is 1. The van der Waals surface area contributed by atoms with Gasteiger partial charge in [0.05, 0.1) is 6.04 Å². The lowest BCUT2D eigenvalue weighted by atomic mass is 10.1. The van der Waals surface area contributed by atoms with E-state index in [0.29, 0.717) is 6.54 Å². The van der Waals surface area contributed by atoms with Gasteiger partial charge in [-0.3, -0.25) is 4.79 Å². The average Bonchev–Trinajstić information content (AvgIpc) is 2.38. The third-order valence-electron chi connectivity index (χ3n) is 3.14. The zero-order valence-electron chi connectivity index (χ0n) is 12.4. The Kier molecular flexibility index (Phi) is 5.83. The Labute approximate surface area is 116 Å². The van der Waals surface area contributed by atoms with Crippen molar-refractivity contribution in [3.05, 3.63) is 29.8 Å². The number of anilines is 1. The van der Waals surface area contributed by atoms with Crippen LogP contribution in [0.3, 0.4) is 0 Å². The molecule has 1 aromatic carbocycles. The SMILES string of the molecule is CCCC(N)C(=O)N(C)Cc1cccc(N(C)C)c1. The van der Waals surface area contributed by atoms with E-state index in [9.17, 15) is 4.79 Å². The molecule has 0 fully saturated rings. The van der Waals surface area contributed by atoms with Crippen LogP contribution in [-0.4, -0.2) is 38.0 Å². The molecule has 19 heavy (non-hydrogen) atoms. The highest BCUT2D eigenvalue weighted by Crippen LogP contribution is 2.15. The molecule has 0 bridgehead atoms.